The molecule has 0 saturated heterocycles. The van der Waals surface area contributed by atoms with E-state index in [4.69, 9.17) is 0 Å². The molecule has 2 N–H and O–H groups in total. The van der Waals surface area contributed by atoms with Gasteiger partial charge in [0.1, 0.15) is 0 Å². The highest BCUT2D eigenvalue weighted by atomic mass is 19.4. The fourth-order valence-corrected chi connectivity index (χ4v) is 3.09. The summed E-state index contributed by atoms with van der Waals surface area (Å²) in [6.07, 6.45) is -0.229. The number of hydrogen-bond donors (Lipinski definition) is 2. The van der Waals surface area contributed by atoms with Crippen molar-refractivity contribution in [2.45, 2.75) is 12.2 Å². The van der Waals surface area contributed by atoms with Gasteiger partial charge >= 0.3 is 12.2 Å². The molecular formula is C17H12F3N5O2. The number of hydrogen-bond acceptors (Lipinski definition) is 3. The zero-order valence-corrected chi connectivity index (χ0v) is 13.8. The Morgan fingerprint density at radius 2 is 2.11 bits per heavy atom. The molecule has 4 rings (SSSR count). The topological polar surface area (TPSA) is 88.4 Å². The van der Waals surface area contributed by atoms with Crippen LogP contribution in [-0.2, 0) is 6.18 Å². The molecule has 2 aliphatic rings. The Balaban J connectivity index is 1.89. The van der Waals surface area contributed by atoms with E-state index in [0.717, 1.165) is 4.57 Å². The number of carbonyl (C=O) groups excluding carboxylic acids is 2. The number of halogens is 3. The highest BCUT2D eigenvalue weighted by molar-refractivity contribution is 6.19. The molecular weight excluding hydrogens is 363 g/mol. The maximum absolute atomic E-state index is 13.6. The van der Waals surface area contributed by atoms with E-state index in [0.29, 0.717) is 11.4 Å². The fourth-order valence-electron chi connectivity index (χ4n) is 3.09. The van der Waals surface area contributed by atoms with Crippen LogP contribution in [0.5, 0.6) is 0 Å². The summed E-state index contributed by atoms with van der Waals surface area (Å²) >= 11 is 0. The van der Waals surface area contributed by atoms with Gasteiger partial charge in [0, 0.05) is 12.6 Å². The summed E-state index contributed by atoms with van der Waals surface area (Å²) in [6.45, 7) is 0. The van der Waals surface area contributed by atoms with Gasteiger partial charge in [-0.05, 0) is 30.4 Å². The highest BCUT2D eigenvalue weighted by Crippen LogP contribution is 2.36. The van der Waals surface area contributed by atoms with E-state index in [-0.39, 0.29) is 16.6 Å². The van der Waals surface area contributed by atoms with E-state index in [9.17, 15) is 22.8 Å². The van der Waals surface area contributed by atoms with Gasteiger partial charge in [0.25, 0.3) is 5.91 Å². The largest absolute Gasteiger partial charge is 0.449 e. The van der Waals surface area contributed by atoms with Gasteiger partial charge in [-0.2, -0.15) is 18.2 Å². The molecule has 1 aliphatic carbocycles. The minimum Gasteiger partial charge on any atom is -0.355 e. The molecule has 2 heterocycles. The maximum atomic E-state index is 13.6. The number of imidazole rings is 1. The normalized spacial score (nSPS) is 18.8. The van der Waals surface area contributed by atoms with Gasteiger partial charge in [-0.25, -0.2) is 9.78 Å². The van der Waals surface area contributed by atoms with Crippen molar-refractivity contribution in [2.24, 2.45) is 4.99 Å². The Morgan fingerprint density at radius 3 is 2.81 bits per heavy atom. The Hall–Kier alpha value is -3.43. The number of carbonyl (C=O) groups is 2. The van der Waals surface area contributed by atoms with Gasteiger partial charge in [0.2, 0.25) is 5.82 Å². The van der Waals surface area contributed by atoms with Crippen molar-refractivity contribution in [2.75, 3.05) is 7.05 Å². The second-order valence-electron chi connectivity index (χ2n) is 5.94. The van der Waals surface area contributed by atoms with Crippen LogP contribution in [0.4, 0.5) is 18.0 Å². The number of aromatic nitrogens is 2. The molecule has 1 aliphatic heterocycles. The third-order valence-corrected chi connectivity index (χ3v) is 4.26. The summed E-state index contributed by atoms with van der Waals surface area (Å²) in [5, 5.41) is 4.91. The average Bonchev–Trinajstić information content (AvgIpc) is 3.18. The van der Waals surface area contributed by atoms with Crippen LogP contribution in [0, 0.1) is 0 Å². The summed E-state index contributed by atoms with van der Waals surface area (Å²) in [6, 6.07) is 2.77. The average molecular weight is 375 g/mol. The first-order valence-corrected chi connectivity index (χ1v) is 7.89. The highest BCUT2D eigenvalue weighted by Gasteiger charge is 2.39. The molecule has 1 unspecified atom stereocenters. The molecule has 138 valence electrons. The van der Waals surface area contributed by atoms with Crippen LogP contribution >= 0.6 is 0 Å². The van der Waals surface area contributed by atoms with Crippen LogP contribution in [0.25, 0.3) is 11.0 Å². The van der Waals surface area contributed by atoms with Gasteiger partial charge in [-0.1, -0.05) is 6.08 Å². The number of benzene rings is 1. The summed E-state index contributed by atoms with van der Waals surface area (Å²) in [7, 11) is 1.43. The van der Waals surface area contributed by atoms with Crippen molar-refractivity contribution in [1.82, 2.24) is 20.2 Å². The van der Waals surface area contributed by atoms with Crippen LogP contribution in [0.1, 0.15) is 22.2 Å². The molecule has 0 fully saturated rings. The second-order valence-corrected chi connectivity index (χ2v) is 5.94. The maximum Gasteiger partial charge on any atom is 0.449 e. The molecule has 2 aromatic rings. The second kappa shape index (κ2) is 5.79. The van der Waals surface area contributed by atoms with E-state index in [2.05, 4.69) is 20.6 Å². The smallest absolute Gasteiger partial charge is 0.355 e. The van der Waals surface area contributed by atoms with Crippen molar-refractivity contribution in [3.8, 4) is 0 Å². The van der Waals surface area contributed by atoms with Gasteiger partial charge < -0.3 is 15.2 Å². The number of aliphatic imine (C=N–C) groups is 1. The Labute approximate surface area is 150 Å². The number of amides is 3. The van der Waals surface area contributed by atoms with Crippen LogP contribution in [-0.4, -0.2) is 34.2 Å². The lowest BCUT2D eigenvalue weighted by molar-refractivity contribution is -0.147. The molecule has 0 radical (unpaired) electrons. The van der Waals surface area contributed by atoms with Crippen molar-refractivity contribution in [3.05, 3.63) is 53.5 Å². The Bertz CT molecular complexity index is 1080. The number of nitrogens with one attached hydrogen (secondary N) is 2. The SMILES string of the molecule is CNC(=O)c1ccc2c(c1)nc(C(F)(F)F)n2C1C=CC2=NC(=O)NC2=C1. The quantitative estimate of drug-likeness (QED) is 0.846. The minimum atomic E-state index is -4.70. The Morgan fingerprint density at radius 1 is 1.33 bits per heavy atom. The predicted octanol–water partition coefficient (Wildman–Crippen LogP) is 2.57. The number of fused-ring (bicyclic) bond motifs is 2. The molecule has 1 aromatic carbocycles. The number of allylic oxidation sites excluding steroid dienone is 3. The van der Waals surface area contributed by atoms with E-state index in [1.165, 1.54) is 43.5 Å². The minimum absolute atomic E-state index is 0.0464. The molecule has 3 amide bonds. The summed E-state index contributed by atoms with van der Waals surface area (Å²) < 4.78 is 41.8. The van der Waals surface area contributed by atoms with Crippen molar-refractivity contribution >= 4 is 28.7 Å². The molecule has 27 heavy (non-hydrogen) atoms. The van der Waals surface area contributed by atoms with E-state index in [1.807, 2.05) is 0 Å². The van der Waals surface area contributed by atoms with Crippen molar-refractivity contribution in [1.29, 1.82) is 0 Å². The molecule has 0 bridgehead atoms. The predicted molar refractivity (Wildman–Crippen MR) is 90.4 cm³/mol. The first-order chi connectivity index (χ1) is 12.8. The van der Waals surface area contributed by atoms with Gasteiger partial charge in [0.15, 0.2) is 0 Å². The molecule has 0 saturated carbocycles. The van der Waals surface area contributed by atoms with Gasteiger partial charge in [0.05, 0.1) is 28.5 Å². The summed E-state index contributed by atoms with van der Waals surface area (Å²) in [5.74, 6) is -1.52. The monoisotopic (exact) mass is 375 g/mol. The molecule has 10 heteroatoms. The lowest BCUT2D eigenvalue weighted by Crippen LogP contribution is -2.22. The van der Waals surface area contributed by atoms with Gasteiger partial charge in [-0.15, -0.1) is 0 Å². The summed E-state index contributed by atoms with van der Waals surface area (Å²) in [4.78, 5) is 30.6. The number of rotatable bonds is 2. The standard InChI is InChI=1S/C17H12F3N5O2/c1-21-14(26)8-2-5-13-12(6-8)22-15(17(18,19)20)25(13)9-3-4-10-11(7-9)24-16(27)23-10/h2-7,9H,1H3,(H,21,26)(H,24,27). The zero-order valence-electron chi connectivity index (χ0n) is 13.8. The number of nitrogens with zero attached hydrogens (tertiary/aromatic N) is 3. The van der Waals surface area contributed by atoms with Crippen LogP contribution in [0.2, 0.25) is 0 Å². The Kier molecular flexibility index (Phi) is 3.65. The van der Waals surface area contributed by atoms with E-state index < -0.39 is 30.0 Å². The lowest BCUT2D eigenvalue weighted by atomic mass is 10.1. The third kappa shape index (κ3) is 2.78. The van der Waals surface area contributed by atoms with Crippen LogP contribution < -0.4 is 10.6 Å². The first kappa shape index (κ1) is 17.0. The first-order valence-electron chi connectivity index (χ1n) is 7.89. The molecule has 7 nitrogen and oxygen atoms in total. The van der Waals surface area contributed by atoms with E-state index >= 15 is 0 Å². The molecule has 0 spiro atoms. The van der Waals surface area contributed by atoms with Crippen molar-refractivity contribution < 1.29 is 22.8 Å². The van der Waals surface area contributed by atoms with Crippen LogP contribution in [0.15, 0.2) is 47.1 Å². The number of urea groups is 1. The lowest BCUT2D eigenvalue weighted by Gasteiger charge is -2.20. The van der Waals surface area contributed by atoms with Crippen LogP contribution in [0.3, 0.4) is 0 Å². The molecule has 1 aromatic heterocycles. The number of alkyl halides is 3. The zero-order chi connectivity index (χ0) is 19.3. The molecule has 1 atom stereocenters. The van der Waals surface area contributed by atoms with Crippen molar-refractivity contribution in [3.63, 3.8) is 0 Å². The van der Waals surface area contributed by atoms with Gasteiger partial charge in [-0.3, -0.25) is 4.79 Å². The third-order valence-electron chi connectivity index (χ3n) is 4.26. The van der Waals surface area contributed by atoms with E-state index in [1.54, 1.807) is 0 Å². The summed E-state index contributed by atoms with van der Waals surface area (Å²) in [5.41, 5.74) is 1.19. The fraction of sp³-hybridized carbons (Fsp3) is 0.176.